The van der Waals surface area contributed by atoms with Crippen molar-refractivity contribution < 1.29 is 19.0 Å². The van der Waals surface area contributed by atoms with Gasteiger partial charge in [-0.3, -0.25) is 5.10 Å². The lowest BCUT2D eigenvalue weighted by molar-refractivity contribution is 0.0526. The average molecular weight is 379 g/mol. The molecule has 2 aromatic carbocycles. The first-order valence-corrected chi connectivity index (χ1v) is 8.93. The van der Waals surface area contributed by atoms with Crippen molar-refractivity contribution in [3.05, 3.63) is 42.0 Å². The highest BCUT2D eigenvalue weighted by atomic mass is 16.6. The standard InChI is InChI=1S/C19H17N5O4/c1-2-26-17(25)11-4-3-5-12(8-11)20-18-22-19-21-13-9-15-16(28-7-6-27-15)10-14(13)24(19)23-18/h3-5,8-10H,2,6-7H2,1H3,(H2,20,21,22,23). The van der Waals surface area contributed by atoms with Gasteiger partial charge in [0.25, 0.3) is 5.78 Å². The third-order valence-corrected chi connectivity index (χ3v) is 4.37. The van der Waals surface area contributed by atoms with Gasteiger partial charge in [0.05, 0.1) is 23.2 Å². The minimum atomic E-state index is -0.363. The number of fused-ring (bicyclic) bond motifs is 4. The van der Waals surface area contributed by atoms with Gasteiger partial charge in [-0.05, 0) is 25.1 Å². The number of imidazole rings is 1. The molecule has 142 valence electrons. The van der Waals surface area contributed by atoms with E-state index in [1.165, 1.54) is 0 Å². The molecule has 5 rings (SSSR count). The molecular weight excluding hydrogens is 362 g/mol. The van der Waals surface area contributed by atoms with E-state index in [-0.39, 0.29) is 5.97 Å². The molecule has 0 saturated heterocycles. The fourth-order valence-corrected chi connectivity index (χ4v) is 3.15. The number of esters is 1. The van der Waals surface area contributed by atoms with E-state index >= 15 is 0 Å². The largest absolute Gasteiger partial charge is 0.486 e. The minimum Gasteiger partial charge on any atom is -0.486 e. The Bertz CT molecular complexity index is 1200. The second-order valence-corrected chi connectivity index (χ2v) is 6.23. The number of carbonyl (C=O) groups is 1. The van der Waals surface area contributed by atoms with Gasteiger partial charge in [0.2, 0.25) is 5.95 Å². The number of rotatable bonds is 4. The maximum Gasteiger partial charge on any atom is 0.338 e. The van der Waals surface area contributed by atoms with Crippen LogP contribution in [-0.2, 0) is 4.74 Å². The van der Waals surface area contributed by atoms with Gasteiger partial charge in [0, 0.05) is 17.8 Å². The normalized spacial score (nSPS) is 13.0. The summed E-state index contributed by atoms with van der Waals surface area (Å²) in [5, 5.41) is 6.32. The van der Waals surface area contributed by atoms with Crippen LogP contribution in [0.15, 0.2) is 36.4 Å². The quantitative estimate of drug-likeness (QED) is 0.526. The average Bonchev–Trinajstić information content (AvgIpc) is 3.23. The first-order valence-electron chi connectivity index (χ1n) is 8.93. The molecule has 0 aliphatic carbocycles. The molecule has 0 amide bonds. The second kappa shape index (κ2) is 6.45. The molecule has 28 heavy (non-hydrogen) atoms. The number of hydrogen-bond donors (Lipinski definition) is 2. The third kappa shape index (κ3) is 2.77. The first kappa shape index (κ1) is 16.4. The highest BCUT2D eigenvalue weighted by Crippen LogP contribution is 2.34. The Morgan fingerprint density at radius 3 is 2.86 bits per heavy atom. The number of carbonyl (C=O) groups excluding carboxylic acids is 1. The molecule has 1 aliphatic rings. The Morgan fingerprint density at radius 1 is 1.21 bits per heavy atom. The van der Waals surface area contributed by atoms with Crippen LogP contribution in [-0.4, -0.2) is 45.4 Å². The Kier molecular flexibility index (Phi) is 3.78. The number of aromatic amines is 1. The molecule has 0 spiro atoms. The van der Waals surface area contributed by atoms with Gasteiger partial charge in [0.1, 0.15) is 13.2 Å². The summed E-state index contributed by atoms with van der Waals surface area (Å²) in [7, 11) is 0. The molecule has 2 aromatic heterocycles. The van der Waals surface area contributed by atoms with Crippen LogP contribution in [0, 0.1) is 0 Å². The van der Waals surface area contributed by atoms with Crippen LogP contribution in [0.5, 0.6) is 11.5 Å². The van der Waals surface area contributed by atoms with Crippen molar-refractivity contribution in [2.45, 2.75) is 6.92 Å². The topological polar surface area (TPSA) is 103 Å². The van der Waals surface area contributed by atoms with Gasteiger partial charge in [-0.15, -0.1) is 0 Å². The third-order valence-electron chi connectivity index (χ3n) is 4.37. The van der Waals surface area contributed by atoms with Gasteiger partial charge < -0.3 is 19.5 Å². The Morgan fingerprint density at radius 2 is 2.04 bits per heavy atom. The van der Waals surface area contributed by atoms with E-state index in [1.807, 2.05) is 18.2 Å². The van der Waals surface area contributed by atoms with Gasteiger partial charge in [0.15, 0.2) is 11.5 Å². The zero-order valence-corrected chi connectivity index (χ0v) is 15.1. The summed E-state index contributed by atoms with van der Waals surface area (Å²) in [5.74, 6) is 2.03. The van der Waals surface area contributed by atoms with E-state index in [2.05, 4.69) is 20.4 Å². The number of anilines is 2. The van der Waals surface area contributed by atoms with E-state index in [4.69, 9.17) is 14.2 Å². The van der Waals surface area contributed by atoms with Crippen LogP contribution < -0.4 is 14.8 Å². The summed E-state index contributed by atoms with van der Waals surface area (Å²) in [6, 6.07) is 10.8. The summed E-state index contributed by atoms with van der Waals surface area (Å²) >= 11 is 0. The maximum atomic E-state index is 11.9. The van der Waals surface area contributed by atoms with Crippen molar-refractivity contribution in [3.8, 4) is 11.5 Å². The van der Waals surface area contributed by atoms with Crippen LogP contribution >= 0.6 is 0 Å². The van der Waals surface area contributed by atoms with Gasteiger partial charge >= 0.3 is 5.97 Å². The predicted octanol–water partition coefficient (Wildman–Crippen LogP) is 2.90. The predicted molar refractivity (Wildman–Crippen MR) is 102 cm³/mol. The summed E-state index contributed by atoms with van der Waals surface area (Å²) in [4.78, 5) is 20.9. The molecule has 0 fully saturated rings. The number of benzene rings is 2. The lowest BCUT2D eigenvalue weighted by Crippen LogP contribution is -2.15. The van der Waals surface area contributed by atoms with Crippen molar-refractivity contribution in [1.29, 1.82) is 0 Å². The molecule has 2 N–H and O–H groups in total. The van der Waals surface area contributed by atoms with Crippen LogP contribution in [0.3, 0.4) is 0 Å². The summed E-state index contributed by atoms with van der Waals surface area (Å²) in [5.41, 5.74) is 2.78. The molecule has 3 heterocycles. The van der Waals surface area contributed by atoms with E-state index in [1.54, 1.807) is 29.6 Å². The number of ether oxygens (including phenoxy) is 3. The molecule has 0 radical (unpaired) electrons. The Hall–Kier alpha value is -3.75. The Labute approximate surface area is 159 Å². The lowest BCUT2D eigenvalue weighted by Gasteiger charge is -2.17. The van der Waals surface area contributed by atoms with Crippen LogP contribution in [0.25, 0.3) is 16.8 Å². The number of aromatic nitrogens is 4. The summed E-state index contributed by atoms with van der Waals surface area (Å²) in [6.45, 7) is 3.16. The highest BCUT2D eigenvalue weighted by Gasteiger charge is 2.17. The number of hydrogen-bond acceptors (Lipinski definition) is 7. The fourth-order valence-electron chi connectivity index (χ4n) is 3.15. The fraction of sp³-hybridized carbons (Fsp3) is 0.211. The van der Waals surface area contributed by atoms with E-state index in [9.17, 15) is 4.79 Å². The smallest absolute Gasteiger partial charge is 0.338 e. The van der Waals surface area contributed by atoms with E-state index < -0.39 is 0 Å². The minimum absolute atomic E-state index is 0.331. The SMILES string of the molecule is CCOC(=O)c1cccc(Nc2nc3nc4cc5c(cc4n3[nH]2)OCCO5)c1. The van der Waals surface area contributed by atoms with Crippen molar-refractivity contribution in [2.75, 3.05) is 25.1 Å². The van der Waals surface area contributed by atoms with Crippen molar-refractivity contribution >= 4 is 34.4 Å². The zero-order chi connectivity index (χ0) is 19.1. The molecule has 9 heteroatoms. The Balaban J connectivity index is 1.47. The van der Waals surface area contributed by atoms with Crippen LogP contribution in [0.1, 0.15) is 17.3 Å². The number of nitrogens with one attached hydrogen (secondary N) is 2. The first-order chi connectivity index (χ1) is 13.7. The zero-order valence-electron chi connectivity index (χ0n) is 15.1. The van der Waals surface area contributed by atoms with Gasteiger partial charge in [-0.2, -0.15) is 4.98 Å². The summed E-state index contributed by atoms with van der Waals surface area (Å²) in [6.07, 6.45) is 0. The molecule has 0 unspecified atom stereocenters. The maximum absolute atomic E-state index is 11.9. The molecule has 0 atom stereocenters. The van der Waals surface area contributed by atoms with E-state index in [0.717, 1.165) is 11.0 Å². The van der Waals surface area contributed by atoms with Crippen LogP contribution in [0.4, 0.5) is 11.6 Å². The molecule has 4 aromatic rings. The van der Waals surface area contributed by atoms with Gasteiger partial charge in [-0.1, -0.05) is 6.07 Å². The molecular formula is C19H17N5O4. The monoisotopic (exact) mass is 379 g/mol. The van der Waals surface area contributed by atoms with Crippen LogP contribution in [0.2, 0.25) is 0 Å². The molecule has 0 saturated carbocycles. The highest BCUT2D eigenvalue weighted by molar-refractivity contribution is 5.90. The summed E-state index contributed by atoms with van der Waals surface area (Å²) < 4.78 is 18.1. The molecule has 0 bridgehead atoms. The molecule has 1 aliphatic heterocycles. The molecule has 9 nitrogen and oxygen atoms in total. The number of nitrogens with zero attached hydrogens (tertiary/aromatic N) is 3. The lowest BCUT2D eigenvalue weighted by atomic mass is 10.2. The number of H-pyrrole nitrogens is 1. The second-order valence-electron chi connectivity index (χ2n) is 6.23. The van der Waals surface area contributed by atoms with E-state index in [0.29, 0.717) is 54.3 Å². The van der Waals surface area contributed by atoms with Gasteiger partial charge in [-0.25, -0.2) is 14.3 Å². The van der Waals surface area contributed by atoms with Crippen molar-refractivity contribution in [1.82, 2.24) is 19.6 Å². The van der Waals surface area contributed by atoms with Crippen molar-refractivity contribution in [3.63, 3.8) is 0 Å². The van der Waals surface area contributed by atoms with Crippen molar-refractivity contribution in [2.24, 2.45) is 0 Å².